The van der Waals surface area contributed by atoms with Crippen molar-refractivity contribution in [1.82, 2.24) is 9.55 Å². The Bertz CT molecular complexity index is 832. The highest BCUT2D eigenvalue weighted by atomic mass is 127. The number of rotatable bonds is 2. The SMILES string of the molecule is CC(Cl)c1nc2ccc(Br)cc2n1-c1ccc(F)cc1I. The summed E-state index contributed by atoms with van der Waals surface area (Å²) in [5.41, 5.74) is 2.68. The first-order chi connectivity index (χ1) is 9.97. The van der Waals surface area contributed by atoms with Crippen molar-refractivity contribution < 1.29 is 4.39 Å². The van der Waals surface area contributed by atoms with Crippen LogP contribution < -0.4 is 0 Å². The molecular formula is C15H10BrClFIN2. The van der Waals surface area contributed by atoms with Gasteiger partial charge < -0.3 is 0 Å². The molecule has 1 atom stereocenters. The third-order valence-electron chi connectivity index (χ3n) is 3.15. The summed E-state index contributed by atoms with van der Waals surface area (Å²) >= 11 is 11.9. The van der Waals surface area contributed by atoms with E-state index in [2.05, 4.69) is 43.5 Å². The van der Waals surface area contributed by atoms with E-state index in [1.807, 2.05) is 29.7 Å². The molecule has 2 nitrogen and oxygen atoms in total. The molecule has 0 spiro atoms. The smallest absolute Gasteiger partial charge is 0.132 e. The van der Waals surface area contributed by atoms with Gasteiger partial charge in [-0.25, -0.2) is 9.37 Å². The Balaban J connectivity index is 2.38. The second kappa shape index (κ2) is 5.85. The van der Waals surface area contributed by atoms with Gasteiger partial charge in [-0.15, -0.1) is 11.6 Å². The van der Waals surface area contributed by atoms with Crippen LogP contribution in [-0.2, 0) is 0 Å². The molecule has 0 aliphatic carbocycles. The molecule has 0 amide bonds. The third kappa shape index (κ3) is 2.83. The fourth-order valence-electron chi connectivity index (χ4n) is 2.25. The molecule has 21 heavy (non-hydrogen) atoms. The van der Waals surface area contributed by atoms with E-state index in [9.17, 15) is 4.39 Å². The number of imidazole rings is 1. The normalized spacial score (nSPS) is 12.8. The lowest BCUT2D eigenvalue weighted by molar-refractivity contribution is 0.626. The molecule has 2 aromatic carbocycles. The van der Waals surface area contributed by atoms with E-state index in [-0.39, 0.29) is 11.2 Å². The van der Waals surface area contributed by atoms with E-state index < -0.39 is 0 Å². The Morgan fingerprint density at radius 1 is 1.29 bits per heavy atom. The maximum absolute atomic E-state index is 13.4. The van der Waals surface area contributed by atoms with Gasteiger partial charge in [-0.2, -0.15) is 0 Å². The van der Waals surface area contributed by atoms with Crippen LogP contribution in [-0.4, -0.2) is 9.55 Å². The largest absolute Gasteiger partial charge is 0.294 e. The first kappa shape index (κ1) is 15.2. The number of halogens is 4. The summed E-state index contributed by atoms with van der Waals surface area (Å²) in [6.45, 7) is 1.88. The summed E-state index contributed by atoms with van der Waals surface area (Å²) in [5, 5.41) is -0.253. The second-order valence-electron chi connectivity index (χ2n) is 4.65. The Morgan fingerprint density at radius 2 is 2.05 bits per heavy atom. The summed E-state index contributed by atoms with van der Waals surface area (Å²) in [6, 6.07) is 10.6. The predicted octanol–water partition coefficient (Wildman–Crippen LogP) is 5.83. The van der Waals surface area contributed by atoms with E-state index >= 15 is 0 Å². The topological polar surface area (TPSA) is 17.8 Å². The molecule has 3 aromatic rings. The summed E-state index contributed by atoms with van der Waals surface area (Å²) in [4.78, 5) is 4.61. The highest BCUT2D eigenvalue weighted by Gasteiger charge is 2.18. The minimum absolute atomic E-state index is 0.253. The Hall–Kier alpha value is -0.660. The minimum Gasteiger partial charge on any atom is -0.294 e. The van der Waals surface area contributed by atoms with Gasteiger partial charge in [-0.1, -0.05) is 15.9 Å². The molecule has 6 heteroatoms. The molecule has 0 fully saturated rings. The molecule has 0 bridgehead atoms. The first-order valence-corrected chi connectivity index (χ1v) is 8.55. The summed E-state index contributed by atoms with van der Waals surface area (Å²) in [7, 11) is 0. The van der Waals surface area contributed by atoms with E-state index in [4.69, 9.17) is 11.6 Å². The zero-order chi connectivity index (χ0) is 15.1. The number of alkyl halides is 1. The van der Waals surface area contributed by atoms with Crippen LogP contribution in [0.3, 0.4) is 0 Å². The van der Waals surface area contributed by atoms with Crippen molar-refractivity contribution in [3.8, 4) is 5.69 Å². The number of benzene rings is 2. The maximum atomic E-state index is 13.4. The third-order valence-corrected chi connectivity index (χ3v) is 4.70. The van der Waals surface area contributed by atoms with Gasteiger partial charge in [0, 0.05) is 8.04 Å². The lowest BCUT2D eigenvalue weighted by atomic mass is 10.2. The van der Waals surface area contributed by atoms with E-state index in [1.54, 1.807) is 6.07 Å². The summed E-state index contributed by atoms with van der Waals surface area (Å²) < 4.78 is 17.1. The Labute approximate surface area is 148 Å². The van der Waals surface area contributed by atoms with Crippen molar-refractivity contribution in [3.05, 3.63) is 56.1 Å². The summed E-state index contributed by atoms with van der Waals surface area (Å²) in [6.07, 6.45) is 0. The van der Waals surface area contributed by atoms with Crippen molar-refractivity contribution in [3.63, 3.8) is 0 Å². The number of fused-ring (bicyclic) bond motifs is 1. The van der Waals surface area contributed by atoms with Gasteiger partial charge in [0.2, 0.25) is 0 Å². The number of hydrogen-bond donors (Lipinski definition) is 0. The molecule has 0 aliphatic heterocycles. The quantitative estimate of drug-likeness (QED) is 0.334. The first-order valence-electron chi connectivity index (χ1n) is 6.25. The zero-order valence-corrected chi connectivity index (χ0v) is 15.4. The molecule has 0 N–H and O–H groups in total. The molecule has 0 saturated carbocycles. The zero-order valence-electron chi connectivity index (χ0n) is 10.9. The lowest BCUT2D eigenvalue weighted by Gasteiger charge is -2.12. The van der Waals surface area contributed by atoms with Crippen LogP contribution in [0.15, 0.2) is 40.9 Å². The van der Waals surface area contributed by atoms with Gasteiger partial charge in [0.05, 0.1) is 22.1 Å². The number of nitrogens with zero attached hydrogens (tertiary/aromatic N) is 2. The van der Waals surface area contributed by atoms with Crippen LogP contribution in [0.5, 0.6) is 0 Å². The number of aromatic nitrogens is 2. The average molecular weight is 480 g/mol. The van der Waals surface area contributed by atoms with E-state index in [1.165, 1.54) is 12.1 Å². The minimum atomic E-state index is -0.255. The fraction of sp³-hybridized carbons (Fsp3) is 0.133. The monoisotopic (exact) mass is 478 g/mol. The van der Waals surface area contributed by atoms with Crippen molar-refractivity contribution >= 4 is 61.2 Å². The highest BCUT2D eigenvalue weighted by Crippen LogP contribution is 2.31. The highest BCUT2D eigenvalue weighted by molar-refractivity contribution is 14.1. The number of hydrogen-bond acceptors (Lipinski definition) is 1. The van der Waals surface area contributed by atoms with Crippen LogP contribution >= 0.6 is 50.1 Å². The van der Waals surface area contributed by atoms with Crippen molar-refractivity contribution in [2.75, 3.05) is 0 Å². The second-order valence-corrected chi connectivity index (χ2v) is 7.38. The fourth-order valence-corrected chi connectivity index (χ4v) is 3.46. The summed E-state index contributed by atoms with van der Waals surface area (Å²) in [5.74, 6) is 0.489. The van der Waals surface area contributed by atoms with Gasteiger partial charge in [0.15, 0.2) is 0 Å². The van der Waals surface area contributed by atoms with Gasteiger partial charge >= 0.3 is 0 Å². The van der Waals surface area contributed by atoms with Crippen molar-refractivity contribution in [1.29, 1.82) is 0 Å². The maximum Gasteiger partial charge on any atom is 0.132 e. The van der Waals surface area contributed by atoms with E-state index in [0.29, 0.717) is 0 Å². The van der Waals surface area contributed by atoms with Crippen molar-refractivity contribution in [2.45, 2.75) is 12.3 Å². The molecular weight excluding hydrogens is 469 g/mol. The van der Waals surface area contributed by atoms with Gasteiger partial charge in [0.1, 0.15) is 11.6 Å². The van der Waals surface area contributed by atoms with Crippen LogP contribution in [0.4, 0.5) is 4.39 Å². The van der Waals surface area contributed by atoms with Gasteiger partial charge in [0.25, 0.3) is 0 Å². The molecule has 0 radical (unpaired) electrons. The Kier molecular flexibility index (Phi) is 4.25. The lowest BCUT2D eigenvalue weighted by Crippen LogP contribution is -2.04. The molecule has 1 unspecified atom stereocenters. The molecule has 1 aromatic heterocycles. The van der Waals surface area contributed by atoms with Crippen LogP contribution in [0.1, 0.15) is 18.1 Å². The molecule has 1 heterocycles. The molecule has 3 rings (SSSR count). The molecule has 0 aliphatic rings. The van der Waals surface area contributed by atoms with E-state index in [0.717, 1.165) is 30.6 Å². The average Bonchev–Trinajstić information content (AvgIpc) is 2.77. The van der Waals surface area contributed by atoms with Crippen LogP contribution in [0.25, 0.3) is 16.7 Å². The van der Waals surface area contributed by atoms with Crippen LogP contribution in [0.2, 0.25) is 0 Å². The van der Waals surface area contributed by atoms with Gasteiger partial charge in [-0.3, -0.25) is 4.57 Å². The molecule has 0 saturated heterocycles. The Morgan fingerprint density at radius 3 is 2.71 bits per heavy atom. The predicted molar refractivity (Wildman–Crippen MR) is 95.7 cm³/mol. The standard InChI is InChI=1S/C15H10BrClFIN2/c1-8(17)15-20-12-4-2-9(16)6-14(12)21(15)13-5-3-10(18)7-11(13)19/h2-8H,1H3. The molecule has 108 valence electrons. The van der Waals surface area contributed by atoms with Crippen LogP contribution in [0, 0.1) is 9.39 Å². The van der Waals surface area contributed by atoms with Gasteiger partial charge in [-0.05, 0) is 65.9 Å². The van der Waals surface area contributed by atoms with Crippen molar-refractivity contribution in [2.24, 2.45) is 0 Å².